The first-order valence-corrected chi connectivity index (χ1v) is 7.42. The molecule has 0 aliphatic carbocycles. The molecule has 0 fully saturated rings. The van der Waals surface area contributed by atoms with Crippen molar-refractivity contribution in [1.29, 1.82) is 0 Å². The molecule has 0 spiro atoms. The number of halogens is 1. The average molecular weight is 355 g/mol. The number of cyclic esters (lactones) is 1. The fourth-order valence-corrected chi connectivity index (χ4v) is 2.67. The Morgan fingerprint density at radius 3 is 2.71 bits per heavy atom. The van der Waals surface area contributed by atoms with Gasteiger partial charge in [0.05, 0.1) is 12.0 Å². The highest BCUT2D eigenvalue weighted by Crippen LogP contribution is 2.29. The minimum absolute atomic E-state index is 0.0130. The molecule has 0 saturated carbocycles. The van der Waals surface area contributed by atoms with E-state index in [1.54, 1.807) is 6.92 Å². The smallest absolute Gasteiger partial charge is 0.338 e. The van der Waals surface area contributed by atoms with Gasteiger partial charge in [0, 0.05) is 17.0 Å². The van der Waals surface area contributed by atoms with Crippen LogP contribution in [-0.4, -0.2) is 41.0 Å². The summed E-state index contributed by atoms with van der Waals surface area (Å²) in [7, 11) is 0. The van der Waals surface area contributed by atoms with Gasteiger partial charge in [0.15, 0.2) is 0 Å². The summed E-state index contributed by atoms with van der Waals surface area (Å²) in [5.41, 5.74) is 5.68. The molecule has 0 radical (unpaired) electrons. The third-order valence-corrected chi connectivity index (χ3v) is 3.82. The van der Waals surface area contributed by atoms with Crippen LogP contribution in [0.3, 0.4) is 0 Å². The zero-order valence-corrected chi connectivity index (χ0v) is 13.4. The second kappa shape index (κ2) is 6.88. The highest BCUT2D eigenvalue weighted by molar-refractivity contribution is 6.32. The minimum Gasteiger partial charge on any atom is -0.480 e. The second-order valence-electron chi connectivity index (χ2n) is 5.44. The van der Waals surface area contributed by atoms with Gasteiger partial charge >= 0.3 is 11.9 Å². The lowest BCUT2D eigenvalue weighted by atomic mass is 9.96. The van der Waals surface area contributed by atoms with Crippen LogP contribution in [0, 0.1) is 0 Å². The molecule has 24 heavy (non-hydrogen) atoms. The Bertz CT molecular complexity index is 733. The molecule has 0 saturated heterocycles. The Morgan fingerprint density at radius 1 is 1.46 bits per heavy atom. The number of nitrogens with two attached hydrogens (primary N) is 1. The van der Waals surface area contributed by atoms with E-state index in [4.69, 9.17) is 27.2 Å². The molecule has 2 amide bonds. The van der Waals surface area contributed by atoms with Crippen LogP contribution in [0.5, 0.6) is 0 Å². The number of amides is 2. The molecule has 0 bridgehead atoms. The van der Waals surface area contributed by atoms with Crippen molar-refractivity contribution >= 4 is 35.4 Å². The molecule has 8 nitrogen and oxygen atoms in total. The molecule has 2 rings (SSSR count). The first-order chi connectivity index (χ1) is 11.2. The molecular weight excluding hydrogens is 340 g/mol. The number of rotatable bonds is 5. The van der Waals surface area contributed by atoms with Gasteiger partial charge in [-0.1, -0.05) is 11.6 Å². The van der Waals surface area contributed by atoms with Gasteiger partial charge in [0.1, 0.15) is 12.1 Å². The SMILES string of the molecule is CC1Cc2c(Cl)cc(C(=O)NC(CC(N)=O)C(=O)O)cc2C(=O)O1. The van der Waals surface area contributed by atoms with Crippen molar-refractivity contribution in [2.24, 2.45) is 5.73 Å². The molecule has 1 aromatic rings. The molecule has 1 heterocycles. The van der Waals surface area contributed by atoms with Gasteiger partial charge < -0.3 is 20.9 Å². The topological polar surface area (TPSA) is 136 Å². The van der Waals surface area contributed by atoms with Crippen molar-refractivity contribution in [1.82, 2.24) is 5.32 Å². The number of primary amides is 1. The summed E-state index contributed by atoms with van der Waals surface area (Å²) >= 11 is 6.13. The van der Waals surface area contributed by atoms with E-state index in [2.05, 4.69) is 5.32 Å². The van der Waals surface area contributed by atoms with Crippen LogP contribution in [0.1, 0.15) is 39.6 Å². The zero-order chi connectivity index (χ0) is 18.0. The number of hydrogen-bond acceptors (Lipinski definition) is 5. The third kappa shape index (κ3) is 3.83. The molecule has 4 N–H and O–H groups in total. The van der Waals surface area contributed by atoms with Crippen LogP contribution in [-0.2, 0) is 20.7 Å². The number of carbonyl (C=O) groups excluding carboxylic acids is 3. The van der Waals surface area contributed by atoms with E-state index in [1.807, 2.05) is 0 Å². The number of carbonyl (C=O) groups is 4. The van der Waals surface area contributed by atoms with Crippen molar-refractivity contribution in [2.75, 3.05) is 0 Å². The highest BCUT2D eigenvalue weighted by atomic mass is 35.5. The van der Waals surface area contributed by atoms with Gasteiger partial charge in [0.25, 0.3) is 5.91 Å². The van der Waals surface area contributed by atoms with E-state index in [1.165, 1.54) is 12.1 Å². The standard InChI is InChI=1S/C15H15ClN2O6/c1-6-2-8-9(15(23)24-6)3-7(4-10(8)16)13(20)18-11(14(21)22)5-12(17)19/h3-4,6,11H,2,5H2,1H3,(H2,17,19)(H,18,20)(H,21,22). The van der Waals surface area contributed by atoms with E-state index in [0.29, 0.717) is 12.0 Å². The van der Waals surface area contributed by atoms with E-state index in [-0.39, 0.29) is 22.3 Å². The van der Waals surface area contributed by atoms with Gasteiger partial charge in [-0.2, -0.15) is 0 Å². The molecule has 9 heteroatoms. The summed E-state index contributed by atoms with van der Waals surface area (Å²) in [6, 6.07) is 1.15. The van der Waals surface area contributed by atoms with Crippen LogP contribution in [0.2, 0.25) is 5.02 Å². The number of carboxylic acids is 1. The summed E-state index contributed by atoms with van der Waals surface area (Å²) in [4.78, 5) is 46.1. The van der Waals surface area contributed by atoms with Gasteiger partial charge in [0.2, 0.25) is 5.91 Å². The Labute approximate surface area is 141 Å². The Morgan fingerprint density at radius 2 is 2.12 bits per heavy atom. The molecule has 1 aliphatic rings. The van der Waals surface area contributed by atoms with E-state index in [0.717, 1.165) is 0 Å². The van der Waals surface area contributed by atoms with Crippen molar-refractivity contribution in [3.8, 4) is 0 Å². The molecule has 2 atom stereocenters. The average Bonchev–Trinajstić information content (AvgIpc) is 2.46. The van der Waals surface area contributed by atoms with Crippen LogP contribution >= 0.6 is 11.6 Å². The lowest BCUT2D eigenvalue weighted by Gasteiger charge is -2.23. The summed E-state index contributed by atoms with van der Waals surface area (Å²) < 4.78 is 5.09. The normalized spacial score (nSPS) is 17.4. The number of benzene rings is 1. The Kier molecular flexibility index (Phi) is 5.08. The summed E-state index contributed by atoms with van der Waals surface area (Å²) in [6.45, 7) is 1.72. The predicted octanol–water partition coefficient (Wildman–Crippen LogP) is 0.500. The van der Waals surface area contributed by atoms with Crippen molar-refractivity contribution in [3.63, 3.8) is 0 Å². The Balaban J connectivity index is 2.29. The van der Waals surface area contributed by atoms with Gasteiger partial charge in [-0.3, -0.25) is 9.59 Å². The second-order valence-corrected chi connectivity index (χ2v) is 5.85. The molecule has 0 aromatic heterocycles. The van der Waals surface area contributed by atoms with E-state index in [9.17, 15) is 19.2 Å². The van der Waals surface area contributed by atoms with Gasteiger partial charge in [-0.15, -0.1) is 0 Å². The van der Waals surface area contributed by atoms with Crippen LogP contribution < -0.4 is 11.1 Å². The maximum absolute atomic E-state index is 12.2. The number of nitrogens with one attached hydrogen (secondary N) is 1. The Hall–Kier alpha value is -2.61. The maximum Gasteiger partial charge on any atom is 0.338 e. The predicted molar refractivity (Wildman–Crippen MR) is 82.7 cm³/mol. The number of ether oxygens (including phenoxy) is 1. The number of fused-ring (bicyclic) bond motifs is 1. The summed E-state index contributed by atoms with van der Waals surface area (Å²) in [5, 5.41) is 11.4. The lowest BCUT2D eigenvalue weighted by Crippen LogP contribution is -2.43. The van der Waals surface area contributed by atoms with Crippen LogP contribution in [0.4, 0.5) is 0 Å². The monoisotopic (exact) mass is 354 g/mol. The van der Waals surface area contributed by atoms with Crippen LogP contribution in [0.25, 0.3) is 0 Å². The maximum atomic E-state index is 12.2. The van der Waals surface area contributed by atoms with Crippen molar-refractivity contribution in [3.05, 3.63) is 33.8 Å². The van der Waals surface area contributed by atoms with E-state index >= 15 is 0 Å². The minimum atomic E-state index is -1.48. The highest BCUT2D eigenvalue weighted by Gasteiger charge is 2.28. The number of esters is 1. The van der Waals surface area contributed by atoms with Gasteiger partial charge in [-0.25, -0.2) is 9.59 Å². The number of hydrogen-bond donors (Lipinski definition) is 3. The van der Waals surface area contributed by atoms with E-state index < -0.39 is 36.2 Å². The molecule has 128 valence electrons. The summed E-state index contributed by atoms with van der Waals surface area (Å²) in [5.74, 6) is -3.67. The van der Waals surface area contributed by atoms with Gasteiger partial charge in [-0.05, 0) is 24.6 Å². The van der Waals surface area contributed by atoms with Crippen LogP contribution in [0.15, 0.2) is 12.1 Å². The van der Waals surface area contributed by atoms with Crippen molar-refractivity contribution in [2.45, 2.75) is 31.9 Å². The molecular formula is C15H15ClN2O6. The number of carboxylic acid groups (broad SMARTS) is 1. The largest absolute Gasteiger partial charge is 0.480 e. The molecule has 1 aromatic carbocycles. The first kappa shape index (κ1) is 17.7. The lowest BCUT2D eigenvalue weighted by molar-refractivity contribution is -0.140. The first-order valence-electron chi connectivity index (χ1n) is 7.04. The fraction of sp³-hybridized carbons (Fsp3) is 0.333. The third-order valence-electron chi connectivity index (χ3n) is 3.49. The quantitative estimate of drug-likeness (QED) is 0.659. The van der Waals surface area contributed by atoms with Crippen molar-refractivity contribution < 1.29 is 29.0 Å². The number of aliphatic carboxylic acids is 1. The zero-order valence-electron chi connectivity index (χ0n) is 12.7. The summed E-state index contributed by atoms with van der Waals surface area (Å²) in [6.07, 6.45) is -0.463. The molecule has 2 unspecified atom stereocenters. The molecule has 1 aliphatic heterocycles. The fourth-order valence-electron chi connectivity index (χ4n) is 2.38.